The second-order valence-electron chi connectivity index (χ2n) is 11.5. The number of hydrogen-bond acceptors (Lipinski definition) is 5. The van der Waals surface area contributed by atoms with Crippen LogP contribution in [0.5, 0.6) is 0 Å². The van der Waals surface area contributed by atoms with Crippen molar-refractivity contribution in [3.05, 3.63) is 35.9 Å². The lowest BCUT2D eigenvalue weighted by molar-refractivity contribution is -0.168. The third-order valence-electron chi connectivity index (χ3n) is 9.93. The molecule has 0 aromatic heterocycles. The number of hydrogen-bond donors (Lipinski definition) is 0. The summed E-state index contributed by atoms with van der Waals surface area (Å²) in [5.74, 6) is 0.925. The molecule has 0 unspecified atom stereocenters. The van der Waals surface area contributed by atoms with E-state index in [2.05, 4.69) is 13.8 Å². The minimum absolute atomic E-state index is 0.0490. The topological polar surface area (TPSA) is 69.7 Å². The van der Waals surface area contributed by atoms with Gasteiger partial charge >= 0.3 is 11.9 Å². The lowest BCUT2D eigenvalue weighted by Gasteiger charge is -2.59. The van der Waals surface area contributed by atoms with Crippen LogP contribution in [0.4, 0.5) is 0 Å². The van der Waals surface area contributed by atoms with Crippen LogP contribution in [0.15, 0.2) is 30.3 Å². The van der Waals surface area contributed by atoms with Crippen LogP contribution < -0.4 is 0 Å². The fraction of sp³-hybridized carbons (Fsp3) is 0.679. The van der Waals surface area contributed by atoms with Crippen molar-refractivity contribution in [1.29, 1.82) is 0 Å². The number of carbonyl (C=O) groups is 3. The predicted octanol–water partition coefficient (Wildman–Crippen LogP) is 5.37. The van der Waals surface area contributed by atoms with Crippen molar-refractivity contribution in [2.75, 3.05) is 0 Å². The lowest BCUT2D eigenvalue weighted by atomic mass is 9.45. The Hall–Kier alpha value is -2.17. The van der Waals surface area contributed by atoms with Gasteiger partial charge < -0.3 is 9.47 Å². The van der Waals surface area contributed by atoms with Gasteiger partial charge in [0.05, 0.1) is 5.56 Å². The van der Waals surface area contributed by atoms with Crippen LogP contribution in [-0.2, 0) is 19.1 Å². The molecule has 5 rings (SSSR count). The van der Waals surface area contributed by atoms with Gasteiger partial charge in [-0.25, -0.2) is 4.79 Å². The Morgan fingerprint density at radius 3 is 2.33 bits per heavy atom. The van der Waals surface area contributed by atoms with E-state index in [9.17, 15) is 14.4 Å². The number of carbonyl (C=O) groups excluding carboxylic acids is 3. The molecule has 8 atom stereocenters. The molecule has 0 radical (unpaired) electrons. The van der Waals surface area contributed by atoms with Gasteiger partial charge in [0.25, 0.3) is 0 Å². The second kappa shape index (κ2) is 8.25. The van der Waals surface area contributed by atoms with E-state index in [1.54, 1.807) is 12.1 Å². The van der Waals surface area contributed by atoms with Crippen LogP contribution in [0.2, 0.25) is 0 Å². The summed E-state index contributed by atoms with van der Waals surface area (Å²) in [5.41, 5.74) is 0.571. The summed E-state index contributed by atoms with van der Waals surface area (Å²) in [7, 11) is 0. The predicted molar refractivity (Wildman–Crippen MR) is 123 cm³/mol. The molecule has 1 aromatic carbocycles. The molecular formula is C28H36O5. The van der Waals surface area contributed by atoms with Crippen molar-refractivity contribution in [2.45, 2.75) is 84.3 Å². The van der Waals surface area contributed by atoms with E-state index in [4.69, 9.17) is 9.47 Å². The molecular weight excluding hydrogens is 416 g/mol. The average molecular weight is 453 g/mol. The highest BCUT2D eigenvalue weighted by molar-refractivity contribution is 5.89. The number of Topliss-reactive ketones (excluding diaryl/α,β-unsaturated/α-hetero) is 1. The Kier molecular flexibility index (Phi) is 5.65. The van der Waals surface area contributed by atoms with Crippen molar-refractivity contribution in [2.24, 2.45) is 34.5 Å². The first-order valence-corrected chi connectivity index (χ1v) is 12.7. The van der Waals surface area contributed by atoms with Crippen LogP contribution in [0, 0.1) is 34.5 Å². The van der Waals surface area contributed by atoms with E-state index < -0.39 is 0 Å². The van der Waals surface area contributed by atoms with Crippen LogP contribution >= 0.6 is 0 Å². The minimum atomic E-state index is -0.254. The summed E-state index contributed by atoms with van der Waals surface area (Å²) < 4.78 is 11.6. The van der Waals surface area contributed by atoms with E-state index in [-0.39, 0.29) is 46.8 Å². The Bertz CT molecular complexity index is 941. The summed E-state index contributed by atoms with van der Waals surface area (Å²) in [6.45, 7) is 6.11. The standard InChI is InChI=1S/C28H36O5/c1-17(29)32-20-11-13-27(2)19(15-20)16-23(30)25-21-9-10-24(28(21,3)14-12-22(25)27)33-26(31)18-7-5-4-6-8-18/h4-8,19-22,24-25H,9-16H2,1-3H3/t19-,20+,21-,22-,24-,25-,27-,28-/m0/s1. The van der Waals surface area contributed by atoms with Crippen LogP contribution in [0.3, 0.4) is 0 Å². The molecule has 4 aliphatic carbocycles. The molecule has 178 valence electrons. The summed E-state index contributed by atoms with van der Waals surface area (Å²) in [6, 6.07) is 9.20. The fourth-order valence-corrected chi connectivity index (χ4v) is 8.15. The Balaban J connectivity index is 1.34. The summed E-state index contributed by atoms with van der Waals surface area (Å²) in [6.07, 6.45) is 6.92. The van der Waals surface area contributed by atoms with Crippen molar-refractivity contribution >= 4 is 17.7 Å². The zero-order valence-corrected chi connectivity index (χ0v) is 20.0. The van der Waals surface area contributed by atoms with Crippen LogP contribution in [0.25, 0.3) is 0 Å². The van der Waals surface area contributed by atoms with Crippen molar-refractivity contribution in [1.82, 2.24) is 0 Å². The molecule has 4 fully saturated rings. The Labute approximate surface area is 196 Å². The van der Waals surface area contributed by atoms with Gasteiger partial charge in [-0.15, -0.1) is 0 Å². The quantitative estimate of drug-likeness (QED) is 0.577. The molecule has 4 saturated carbocycles. The van der Waals surface area contributed by atoms with Crippen LogP contribution in [-0.4, -0.2) is 29.9 Å². The lowest BCUT2D eigenvalue weighted by Crippen LogP contribution is -2.58. The van der Waals surface area contributed by atoms with E-state index in [0.717, 1.165) is 44.9 Å². The van der Waals surface area contributed by atoms with E-state index in [0.29, 0.717) is 29.6 Å². The maximum atomic E-state index is 13.6. The molecule has 5 heteroatoms. The maximum Gasteiger partial charge on any atom is 0.338 e. The van der Waals surface area contributed by atoms with Crippen LogP contribution in [0.1, 0.15) is 82.5 Å². The SMILES string of the molecule is CC(=O)O[C@@H]1CC[C@@]2(C)[C@H](CC(=O)[C@@H]3[C@@H]2CC[C@]2(C)[C@@H](OC(=O)c4ccccc4)CC[C@@H]32)C1. The first-order valence-electron chi connectivity index (χ1n) is 12.7. The summed E-state index contributed by atoms with van der Waals surface area (Å²) in [4.78, 5) is 37.8. The molecule has 1 aromatic rings. The average Bonchev–Trinajstić information content (AvgIpc) is 3.11. The Morgan fingerprint density at radius 2 is 1.61 bits per heavy atom. The molecule has 0 heterocycles. The number of fused-ring (bicyclic) bond motifs is 5. The molecule has 0 aliphatic heterocycles. The monoisotopic (exact) mass is 452 g/mol. The highest BCUT2D eigenvalue weighted by Gasteiger charge is 2.63. The number of rotatable bonds is 3. The molecule has 0 saturated heterocycles. The summed E-state index contributed by atoms with van der Waals surface area (Å²) in [5, 5.41) is 0. The maximum absolute atomic E-state index is 13.6. The number of ether oxygens (including phenoxy) is 2. The zero-order chi connectivity index (χ0) is 23.4. The largest absolute Gasteiger partial charge is 0.463 e. The summed E-state index contributed by atoms with van der Waals surface area (Å²) >= 11 is 0. The fourth-order valence-electron chi connectivity index (χ4n) is 8.15. The third-order valence-corrected chi connectivity index (χ3v) is 9.93. The Morgan fingerprint density at radius 1 is 0.909 bits per heavy atom. The molecule has 0 N–H and O–H groups in total. The number of benzene rings is 1. The zero-order valence-electron chi connectivity index (χ0n) is 20.0. The molecule has 5 nitrogen and oxygen atoms in total. The van der Waals surface area contributed by atoms with Crippen molar-refractivity contribution in [3.63, 3.8) is 0 Å². The van der Waals surface area contributed by atoms with Crippen molar-refractivity contribution < 1.29 is 23.9 Å². The van der Waals surface area contributed by atoms with E-state index >= 15 is 0 Å². The molecule has 0 amide bonds. The van der Waals surface area contributed by atoms with E-state index in [1.165, 1.54) is 6.92 Å². The molecule has 0 spiro atoms. The smallest absolute Gasteiger partial charge is 0.338 e. The minimum Gasteiger partial charge on any atom is -0.463 e. The van der Waals surface area contributed by atoms with Gasteiger partial charge in [-0.3, -0.25) is 9.59 Å². The molecule has 33 heavy (non-hydrogen) atoms. The first kappa shape index (κ1) is 22.6. The van der Waals surface area contributed by atoms with Gasteiger partial charge in [0.15, 0.2) is 0 Å². The number of ketones is 1. The highest BCUT2D eigenvalue weighted by atomic mass is 16.5. The van der Waals surface area contributed by atoms with E-state index in [1.807, 2.05) is 18.2 Å². The molecule has 0 bridgehead atoms. The number of esters is 2. The third kappa shape index (κ3) is 3.72. The van der Waals surface area contributed by atoms with Gasteiger partial charge in [-0.2, -0.15) is 0 Å². The second-order valence-corrected chi connectivity index (χ2v) is 11.5. The van der Waals surface area contributed by atoms with Gasteiger partial charge in [0, 0.05) is 24.7 Å². The van der Waals surface area contributed by atoms with Crippen molar-refractivity contribution in [3.8, 4) is 0 Å². The molecule has 4 aliphatic rings. The van der Waals surface area contributed by atoms with Gasteiger partial charge in [0.2, 0.25) is 0 Å². The van der Waals surface area contributed by atoms with Gasteiger partial charge in [0.1, 0.15) is 18.0 Å². The highest BCUT2D eigenvalue weighted by Crippen LogP contribution is 2.65. The van der Waals surface area contributed by atoms with Gasteiger partial charge in [-0.1, -0.05) is 32.0 Å². The first-order chi connectivity index (χ1) is 15.7. The normalized spacial score (nSPS) is 42.0. The van der Waals surface area contributed by atoms with Gasteiger partial charge in [-0.05, 0) is 80.2 Å².